The van der Waals surface area contributed by atoms with Crippen LogP contribution in [0.3, 0.4) is 0 Å². The van der Waals surface area contributed by atoms with E-state index in [-0.39, 0.29) is 5.91 Å². The van der Waals surface area contributed by atoms with Crippen LogP contribution in [0.5, 0.6) is 0 Å². The molecule has 1 heterocycles. The van der Waals surface area contributed by atoms with Gasteiger partial charge in [-0.25, -0.2) is 0 Å². The van der Waals surface area contributed by atoms with E-state index in [2.05, 4.69) is 5.10 Å². The molecular weight excluding hydrogens is 154 g/mol. The molecule has 12 heavy (non-hydrogen) atoms. The second kappa shape index (κ2) is 3.90. The molecule has 0 atom stereocenters. The van der Waals surface area contributed by atoms with E-state index in [9.17, 15) is 4.79 Å². The largest absolute Gasteiger partial charge is 0.370 e. The van der Waals surface area contributed by atoms with Crippen molar-refractivity contribution in [3.05, 3.63) is 18.0 Å². The number of primary amides is 1. The van der Waals surface area contributed by atoms with E-state index in [1.807, 2.05) is 17.7 Å². The summed E-state index contributed by atoms with van der Waals surface area (Å²) in [4.78, 5) is 10.5. The Bertz CT molecular complexity index is 267. The van der Waals surface area contributed by atoms with E-state index in [1.165, 1.54) is 0 Å². The van der Waals surface area contributed by atoms with E-state index in [1.54, 1.807) is 6.20 Å². The number of amides is 1. The third kappa shape index (κ3) is 2.08. The molecule has 1 amide bonds. The van der Waals surface area contributed by atoms with Crippen LogP contribution in [-0.2, 0) is 17.8 Å². The van der Waals surface area contributed by atoms with Gasteiger partial charge in [0, 0.05) is 24.9 Å². The van der Waals surface area contributed by atoms with Gasteiger partial charge in [0.25, 0.3) is 0 Å². The monoisotopic (exact) mass is 167 g/mol. The minimum absolute atomic E-state index is 0.265. The van der Waals surface area contributed by atoms with Crippen LogP contribution >= 0.6 is 0 Å². The predicted octanol–water partition coefficient (Wildman–Crippen LogP) is 0.321. The number of aryl methyl sites for hydroxylation is 2. The van der Waals surface area contributed by atoms with E-state index in [0.29, 0.717) is 12.8 Å². The van der Waals surface area contributed by atoms with Crippen LogP contribution in [0.2, 0.25) is 0 Å². The van der Waals surface area contributed by atoms with Crippen LogP contribution in [0.15, 0.2) is 12.3 Å². The highest BCUT2D eigenvalue weighted by atomic mass is 16.1. The third-order valence-electron chi connectivity index (χ3n) is 1.73. The zero-order chi connectivity index (χ0) is 8.97. The highest BCUT2D eigenvalue weighted by molar-refractivity contribution is 5.73. The number of carbonyl (C=O) groups excluding carboxylic acids is 1. The summed E-state index contributed by atoms with van der Waals surface area (Å²) in [5.41, 5.74) is 6.10. The molecule has 1 aromatic rings. The molecule has 4 heteroatoms. The van der Waals surface area contributed by atoms with Gasteiger partial charge in [0.1, 0.15) is 0 Å². The van der Waals surface area contributed by atoms with Crippen LogP contribution in [0, 0.1) is 0 Å². The molecule has 0 aromatic carbocycles. The highest BCUT2D eigenvalue weighted by Gasteiger charge is 2.01. The molecular formula is C8H13N3O. The van der Waals surface area contributed by atoms with Crippen molar-refractivity contribution >= 4 is 5.91 Å². The van der Waals surface area contributed by atoms with Crippen molar-refractivity contribution in [2.75, 3.05) is 0 Å². The summed E-state index contributed by atoms with van der Waals surface area (Å²) in [5, 5.41) is 4.08. The number of nitrogens with two attached hydrogens (primary N) is 1. The first-order valence-corrected chi connectivity index (χ1v) is 4.03. The van der Waals surface area contributed by atoms with Crippen LogP contribution in [0.1, 0.15) is 19.0 Å². The number of aromatic nitrogens is 2. The Hall–Kier alpha value is -1.32. The Balaban J connectivity index is 2.56. The third-order valence-corrected chi connectivity index (χ3v) is 1.73. The van der Waals surface area contributed by atoms with Crippen molar-refractivity contribution in [2.45, 2.75) is 26.3 Å². The van der Waals surface area contributed by atoms with E-state index < -0.39 is 0 Å². The molecule has 0 unspecified atom stereocenters. The molecule has 1 rings (SSSR count). The van der Waals surface area contributed by atoms with Crippen molar-refractivity contribution in [3.8, 4) is 0 Å². The Kier molecular flexibility index (Phi) is 2.85. The standard InChI is InChI=1S/C8H13N3O/c1-2-11-7(5-6-10-11)3-4-8(9)12/h5-6H,2-4H2,1H3,(H2,9,12). The molecule has 0 radical (unpaired) electrons. The summed E-state index contributed by atoms with van der Waals surface area (Å²) in [6.07, 6.45) is 2.81. The second-order valence-electron chi connectivity index (χ2n) is 2.60. The summed E-state index contributed by atoms with van der Waals surface area (Å²) in [6, 6.07) is 1.91. The lowest BCUT2D eigenvalue weighted by atomic mass is 10.2. The van der Waals surface area contributed by atoms with Gasteiger partial charge in [-0.2, -0.15) is 5.10 Å². The molecule has 4 nitrogen and oxygen atoms in total. The Morgan fingerprint density at radius 1 is 1.75 bits per heavy atom. The first-order valence-electron chi connectivity index (χ1n) is 4.03. The van der Waals surface area contributed by atoms with Crippen LogP contribution in [0.4, 0.5) is 0 Å². The van der Waals surface area contributed by atoms with Crippen LogP contribution in [0.25, 0.3) is 0 Å². The summed E-state index contributed by atoms with van der Waals surface area (Å²) >= 11 is 0. The molecule has 0 aliphatic carbocycles. The Morgan fingerprint density at radius 2 is 2.50 bits per heavy atom. The fourth-order valence-electron chi connectivity index (χ4n) is 1.11. The zero-order valence-electron chi connectivity index (χ0n) is 7.16. The van der Waals surface area contributed by atoms with Crippen LogP contribution in [-0.4, -0.2) is 15.7 Å². The summed E-state index contributed by atoms with van der Waals surface area (Å²) in [7, 11) is 0. The average Bonchev–Trinajstić information content (AvgIpc) is 2.47. The average molecular weight is 167 g/mol. The van der Waals surface area contributed by atoms with Crippen molar-refractivity contribution in [3.63, 3.8) is 0 Å². The Labute approximate surface area is 71.4 Å². The van der Waals surface area contributed by atoms with Gasteiger partial charge in [-0.3, -0.25) is 9.48 Å². The fraction of sp³-hybridized carbons (Fsp3) is 0.500. The summed E-state index contributed by atoms with van der Waals surface area (Å²) in [6.45, 7) is 2.85. The minimum atomic E-state index is -0.265. The number of rotatable bonds is 4. The first kappa shape index (κ1) is 8.77. The van der Waals surface area contributed by atoms with Gasteiger partial charge in [-0.1, -0.05) is 0 Å². The Morgan fingerprint density at radius 3 is 3.08 bits per heavy atom. The smallest absolute Gasteiger partial charge is 0.217 e. The molecule has 0 fully saturated rings. The molecule has 0 aliphatic heterocycles. The second-order valence-corrected chi connectivity index (χ2v) is 2.60. The normalized spacial score (nSPS) is 10.1. The lowest BCUT2D eigenvalue weighted by molar-refractivity contribution is -0.118. The maximum Gasteiger partial charge on any atom is 0.217 e. The van der Waals surface area contributed by atoms with E-state index in [0.717, 1.165) is 12.2 Å². The van der Waals surface area contributed by atoms with Gasteiger partial charge < -0.3 is 5.73 Å². The van der Waals surface area contributed by atoms with Gasteiger partial charge in [0.05, 0.1) is 0 Å². The lowest BCUT2D eigenvalue weighted by Crippen LogP contribution is -2.13. The molecule has 0 bridgehead atoms. The molecule has 0 spiro atoms. The van der Waals surface area contributed by atoms with Crippen molar-refractivity contribution in [1.82, 2.24) is 9.78 Å². The molecule has 66 valence electrons. The number of hydrogen-bond donors (Lipinski definition) is 1. The molecule has 1 aromatic heterocycles. The van der Waals surface area contributed by atoms with E-state index >= 15 is 0 Å². The lowest BCUT2D eigenvalue weighted by Gasteiger charge is -2.01. The molecule has 2 N–H and O–H groups in total. The van der Waals surface area contributed by atoms with E-state index in [4.69, 9.17) is 5.73 Å². The summed E-state index contributed by atoms with van der Waals surface area (Å²) in [5.74, 6) is -0.265. The number of carbonyl (C=O) groups is 1. The zero-order valence-corrected chi connectivity index (χ0v) is 7.16. The van der Waals surface area contributed by atoms with Gasteiger partial charge >= 0.3 is 0 Å². The van der Waals surface area contributed by atoms with Crippen LogP contribution < -0.4 is 5.73 Å². The number of hydrogen-bond acceptors (Lipinski definition) is 2. The maximum atomic E-state index is 10.5. The van der Waals surface area contributed by atoms with Gasteiger partial charge in [0.2, 0.25) is 5.91 Å². The number of nitrogens with zero attached hydrogens (tertiary/aromatic N) is 2. The molecule has 0 saturated carbocycles. The topological polar surface area (TPSA) is 60.9 Å². The van der Waals surface area contributed by atoms with Gasteiger partial charge in [0.15, 0.2) is 0 Å². The summed E-state index contributed by atoms with van der Waals surface area (Å²) < 4.78 is 1.86. The van der Waals surface area contributed by atoms with Crippen molar-refractivity contribution < 1.29 is 4.79 Å². The van der Waals surface area contributed by atoms with Crippen molar-refractivity contribution in [2.24, 2.45) is 5.73 Å². The van der Waals surface area contributed by atoms with Gasteiger partial charge in [-0.05, 0) is 19.4 Å². The quantitative estimate of drug-likeness (QED) is 0.702. The molecule has 0 aliphatic rings. The fourth-order valence-corrected chi connectivity index (χ4v) is 1.11. The first-order chi connectivity index (χ1) is 5.74. The van der Waals surface area contributed by atoms with Crippen molar-refractivity contribution in [1.29, 1.82) is 0 Å². The maximum absolute atomic E-state index is 10.5. The molecule has 0 saturated heterocycles. The minimum Gasteiger partial charge on any atom is -0.370 e. The van der Waals surface area contributed by atoms with Gasteiger partial charge in [-0.15, -0.1) is 0 Å². The predicted molar refractivity (Wildman–Crippen MR) is 45.4 cm³/mol. The SMILES string of the molecule is CCn1nccc1CCC(N)=O. The highest BCUT2D eigenvalue weighted by Crippen LogP contribution is 2.01.